The number of carboxylic acids is 1. The van der Waals surface area contributed by atoms with E-state index in [9.17, 15) is 14.9 Å². The van der Waals surface area contributed by atoms with E-state index in [4.69, 9.17) is 5.11 Å². The number of thiazole rings is 1. The SMILES string of the molecule is N#CC(=Cc1csc(-c2ccsc2)n1)C(=O)Nc1ccc(C(=O)O)cc1. The number of nitriles is 1. The van der Waals surface area contributed by atoms with Crippen LogP contribution in [0, 0.1) is 11.3 Å². The van der Waals surface area contributed by atoms with Gasteiger partial charge in [0.05, 0.1) is 11.3 Å². The van der Waals surface area contributed by atoms with Gasteiger partial charge in [-0.15, -0.1) is 11.3 Å². The number of nitrogens with zero attached hydrogens (tertiary/aromatic N) is 2. The van der Waals surface area contributed by atoms with Gasteiger partial charge in [0, 0.05) is 22.0 Å². The van der Waals surface area contributed by atoms with Crippen LogP contribution in [0.2, 0.25) is 0 Å². The van der Waals surface area contributed by atoms with Crippen LogP contribution in [0.15, 0.2) is 52.0 Å². The molecule has 2 aromatic heterocycles. The summed E-state index contributed by atoms with van der Waals surface area (Å²) in [7, 11) is 0. The van der Waals surface area contributed by atoms with Crippen molar-refractivity contribution >= 4 is 46.3 Å². The molecule has 0 aliphatic carbocycles. The second-order valence-electron chi connectivity index (χ2n) is 5.10. The maximum absolute atomic E-state index is 12.3. The topological polar surface area (TPSA) is 103 Å². The molecule has 6 nitrogen and oxygen atoms in total. The highest BCUT2D eigenvalue weighted by Crippen LogP contribution is 2.26. The Morgan fingerprint density at radius 1 is 1.19 bits per heavy atom. The molecule has 0 aliphatic heterocycles. The monoisotopic (exact) mass is 381 g/mol. The van der Waals surface area contributed by atoms with Crippen molar-refractivity contribution in [3.05, 3.63) is 63.3 Å². The quantitative estimate of drug-likeness (QED) is 0.511. The summed E-state index contributed by atoms with van der Waals surface area (Å²) in [5, 5.41) is 27.2. The van der Waals surface area contributed by atoms with Gasteiger partial charge in [0.1, 0.15) is 16.6 Å². The number of amides is 1. The van der Waals surface area contributed by atoms with Crippen molar-refractivity contribution in [1.82, 2.24) is 4.98 Å². The molecule has 0 aliphatic rings. The number of carbonyl (C=O) groups excluding carboxylic acids is 1. The summed E-state index contributed by atoms with van der Waals surface area (Å²) >= 11 is 3.00. The predicted octanol–water partition coefficient (Wildman–Crippen LogP) is 4.12. The predicted molar refractivity (Wildman–Crippen MR) is 101 cm³/mol. The summed E-state index contributed by atoms with van der Waals surface area (Å²) < 4.78 is 0. The van der Waals surface area contributed by atoms with Gasteiger partial charge in [-0.05, 0) is 41.8 Å². The molecule has 2 heterocycles. The van der Waals surface area contributed by atoms with Crippen molar-refractivity contribution in [1.29, 1.82) is 5.26 Å². The van der Waals surface area contributed by atoms with Crippen molar-refractivity contribution in [2.45, 2.75) is 0 Å². The largest absolute Gasteiger partial charge is 0.478 e. The molecule has 0 fully saturated rings. The second kappa shape index (κ2) is 7.74. The van der Waals surface area contributed by atoms with E-state index in [1.807, 2.05) is 22.9 Å². The minimum Gasteiger partial charge on any atom is -0.478 e. The number of hydrogen-bond acceptors (Lipinski definition) is 6. The first-order valence-corrected chi connectivity index (χ1v) is 9.13. The van der Waals surface area contributed by atoms with Crippen LogP contribution < -0.4 is 5.32 Å². The molecule has 0 radical (unpaired) electrons. The molecule has 26 heavy (non-hydrogen) atoms. The highest BCUT2D eigenvalue weighted by Gasteiger charge is 2.12. The van der Waals surface area contributed by atoms with Gasteiger partial charge < -0.3 is 10.4 Å². The number of carbonyl (C=O) groups is 2. The van der Waals surface area contributed by atoms with Gasteiger partial charge >= 0.3 is 5.97 Å². The summed E-state index contributed by atoms with van der Waals surface area (Å²) in [6.45, 7) is 0. The van der Waals surface area contributed by atoms with E-state index in [0.29, 0.717) is 11.4 Å². The minimum atomic E-state index is -1.05. The maximum Gasteiger partial charge on any atom is 0.335 e. The number of carboxylic acid groups (broad SMARTS) is 1. The molecule has 3 rings (SSSR count). The lowest BCUT2D eigenvalue weighted by molar-refractivity contribution is -0.112. The van der Waals surface area contributed by atoms with Gasteiger partial charge in [-0.2, -0.15) is 16.6 Å². The average molecular weight is 381 g/mol. The number of thiophene rings is 1. The summed E-state index contributed by atoms with van der Waals surface area (Å²) in [4.78, 5) is 27.5. The van der Waals surface area contributed by atoms with Crippen molar-refractivity contribution in [2.24, 2.45) is 0 Å². The zero-order valence-electron chi connectivity index (χ0n) is 13.2. The normalized spacial score (nSPS) is 11.0. The van der Waals surface area contributed by atoms with Crippen molar-refractivity contribution < 1.29 is 14.7 Å². The lowest BCUT2D eigenvalue weighted by Gasteiger charge is -2.04. The molecule has 0 saturated carbocycles. The highest BCUT2D eigenvalue weighted by atomic mass is 32.1. The summed E-state index contributed by atoms with van der Waals surface area (Å²) in [5.41, 5.74) is 1.96. The van der Waals surface area contributed by atoms with Crippen LogP contribution in [0.5, 0.6) is 0 Å². The number of nitrogens with one attached hydrogen (secondary N) is 1. The Bertz CT molecular complexity index is 1010. The highest BCUT2D eigenvalue weighted by molar-refractivity contribution is 7.14. The lowest BCUT2D eigenvalue weighted by Crippen LogP contribution is -2.13. The van der Waals surface area contributed by atoms with E-state index >= 15 is 0 Å². The molecule has 0 spiro atoms. The first-order valence-electron chi connectivity index (χ1n) is 7.31. The van der Waals surface area contributed by atoms with E-state index in [-0.39, 0.29) is 11.1 Å². The summed E-state index contributed by atoms with van der Waals surface area (Å²) in [6, 6.07) is 9.50. The summed E-state index contributed by atoms with van der Waals surface area (Å²) in [6.07, 6.45) is 1.42. The molecule has 1 aromatic carbocycles. The maximum atomic E-state index is 12.3. The molecule has 8 heteroatoms. The molecule has 0 unspecified atom stereocenters. The fourth-order valence-electron chi connectivity index (χ4n) is 2.06. The number of rotatable bonds is 5. The minimum absolute atomic E-state index is 0.0884. The fraction of sp³-hybridized carbons (Fsp3) is 0. The number of aromatic carboxylic acids is 1. The third-order valence-electron chi connectivity index (χ3n) is 3.34. The molecule has 128 valence electrons. The zero-order valence-corrected chi connectivity index (χ0v) is 14.8. The Balaban J connectivity index is 1.75. The Labute approximate surface area is 156 Å². The molecule has 0 atom stereocenters. The van der Waals surface area contributed by atoms with Crippen LogP contribution in [0.4, 0.5) is 5.69 Å². The van der Waals surface area contributed by atoms with Crippen LogP contribution in [0.3, 0.4) is 0 Å². The molecule has 3 aromatic rings. The molecular formula is C18H11N3O3S2. The van der Waals surface area contributed by atoms with Crippen molar-refractivity contribution in [3.63, 3.8) is 0 Å². The zero-order chi connectivity index (χ0) is 18.5. The third kappa shape index (κ3) is 4.03. The van der Waals surface area contributed by atoms with Crippen LogP contribution >= 0.6 is 22.7 Å². The van der Waals surface area contributed by atoms with Crippen LogP contribution in [-0.4, -0.2) is 22.0 Å². The molecule has 0 saturated heterocycles. The smallest absolute Gasteiger partial charge is 0.335 e. The number of anilines is 1. The van der Waals surface area contributed by atoms with Crippen LogP contribution in [-0.2, 0) is 4.79 Å². The summed E-state index contributed by atoms with van der Waals surface area (Å²) in [5.74, 6) is -1.63. The second-order valence-corrected chi connectivity index (χ2v) is 6.73. The molecular weight excluding hydrogens is 370 g/mol. The van der Waals surface area contributed by atoms with Gasteiger partial charge in [0.25, 0.3) is 5.91 Å². The molecule has 2 N–H and O–H groups in total. The standard InChI is InChI=1S/C18H11N3O3S2/c19-8-13(7-15-10-26-17(21-15)12-5-6-25-9-12)16(22)20-14-3-1-11(2-4-14)18(23)24/h1-7,9-10H,(H,20,22)(H,23,24). The first-order chi connectivity index (χ1) is 12.6. The number of aromatic nitrogens is 1. The first kappa shape index (κ1) is 17.5. The van der Waals surface area contributed by atoms with E-state index in [1.54, 1.807) is 16.7 Å². The van der Waals surface area contributed by atoms with E-state index in [1.165, 1.54) is 41.7 Å². The van der Waals surface area contributed by atoms with Crippen LogP contribution in [0.1, 0.15) is 16.1 Å². The molecule has 1 amide bonds. The third-order valence-corrected chi connectivity index (χ3v) is 4.93. The van der Waals surface area contributed by atoms with Gasteiger partial charge in [-0.25, -0.2) is 9.78 Å². The lowest BCUT2D eigenvalue weighted by atomic mass is 10.2. The molecule has 0 bridgehead atoms. The van der Waals surface area contributed by atoms with E-state index in [2.05, 4.69) is 10.3 Å². The van der Waals surface area contributed by atoms with E-state index in [0.717, 1.165) is 10.6 Å². The van der Waals surface area contributed by atoms with Gasteiger partial charge in [-0.1, -0.05) is 0 Å². The Hall–Kier alpha value is -3.28. The van der Waals surface area contributed by atoms with Crippen molar-refractivity contribution in [3.8, 4) is 16.6 Å². The van der Waals surface area contributed by atoms with Gasteiger partial charge in [-0.3, -0.25) is 4.79 Å². The average Bonchev–Trinajstić information content (AvgIpc) is 3.31. The van der Waals surface area contributed by atoms with E-state index < -0.39 is 11.9 Å². The fourth-order valence-corrected chi connectivity index (χ4v) is 3.55. The van der Waals surface area contributed by atoms with Crippen molar-refractivity contribution in [2.75, 3.05) is 5.32 Å². The van der Waals surface area contributed by atoms with Gasteiger partial charge in [0.15, 0.2) is 0 Å². The Kier molecular flexibility index (Phi) is 5.22. The Morgan fingerprint density at radius 3 is 2.58 bits per heavy atom. The number of hydrogen-bond donors (Lipinski definition) is 2. The number of benzene rings is 1. The Morgan fingerprint density at radius 2 is 1.96 bits per heavy atom. The van der Waals surface area contributed by atoms with Crippen LogP contribution in [0.25, 0.3) is 16.6 Å². The van der Waals surface area contributed by atoms with Gasteiger partial charge in [0.2, 0.25) is 0 Å².